The molecular weight excluding hydrogens is 388 g/mol. The van der Waals surface area contributed by atoms with Gasteiger partial charge >= 0.3 is 0 Å². The molecule has 1 atom stereocenters. The summed E-state index contributed by atoms with van der Waals surface area (Å²) >= 11 is 0. The third kappa shape index (κ3) is 6.07. The fourth-order valence-electron chi connectivity index (χ4n) is 5.12. The molecule has 1 N–H and O–H groups in total. The Hall–Kier alpha value is -1.92. The van der Waals surface area contributed by atoms with Crippen LogP contribution >= 0.6 is 0 Å². The van der Waals surface area contributed by atoms with Crippen molar-refractivity contribution in [2.75, 3.05) is 52.4 Å². The molecular formula is C25H40N4O2. The lowest BCUT2D eigenvalue weighted by Crippen LogP contribution is -2.58. The Morgan fingerprint density at radius 2 is 1.71 bits per heavy atom. The summed E-state index contributed by atoms with van der Waals surface area (Å²) < 4.78 is 0. The van der Waals surface area contributed by atoms with E-state index in [2.05, 4.69) is 29.0 Å². The van der Waals surface area contributed by atoms with Gasteiger partial charge in [0.1, 0.15) is 0 Å². The van der Waals surface area contributed by atoms with E-state index in [1.807, 2.05) is 36.1 Å². The number of hydrogen-bond acceptors (Lipinski definition) is 4. The van der Waals surface area contributed by atoms with E-state index in [-0.39, 0.29) is 17.9 Å². The van der Waals surface area contributed by atoms with E-state index in [1.165, 1.54) is 12.8 Å². The second-order valence-electron chi connectivity index (χ2n) is 8.95. The molecule has 1 heterocycles. The topological polar surface area (TPSA) is 55.9 Å². The van der Waals surface area contributed by atoms with Crippen LogP contribution in [0.5, 0.6) is 0 Å². The third-order valence-corrected chi connectivity index (χ3v) is 7.11. The maximum absolute atomic E-state index is 13.2. The standard InChI is InChI=1S/C25H40N4O2/c1-4-27(5-2)15-14-26-24(30)23(21-11-7-8-12-21)28-16-18-29(19-17-28)25(31)22-13-9-6-10-20(22)3/h6,9-10,13,21,23H,4-5,7-8,11-12,14-19H2,1-3H3,(H,26,30)/t23-/m1/s1. The van der Waals surface area contributed by atoms with Gasteiger partial charge in [0.15, 0.2) is 0 Å². The molecule has 0 bridgehead atoms. The first-order chi connectivity index (χ1) is 15.0. The Morgan fingerprint density at radius 3 is 2.32 bits per heavy atom. The molecule has 0 radical (unpaired) electrons. The summed E-state index contributed by atoms with van der Waals surface area (Å²) in [6, 6.07) is 7.73. The Balaban J connectivity index is 1.59. The number of amides is 2. The van der Waals surface area contributed by atoms with Gasteiger partial charge in [-0.2, -0.15) is 0 Å². The highest BCUT2D eigenvalue weighted by molar-refractivity contribution is 5.95. The Kier molecular flexibility index (Phi) is 8.90. The zero-order chi connectivity index (χ0) is 22.2. The Labute approximate surface area is 188 Å². The molecule has 2 amide bonds. The average Bonchev–Trinajstić information content (AvgIpc) is 3.31. The predicted octanol–water partition coefficient (Wildman–Crippen LogP) is 2.77. The molecule has 6 nitrogen and oxygen atoms in total. The van der Waals surface area contributed by atoms with Crippen LogP contribution in [0.2, 0.25) is 0 Å². The molecule has 2 aliphatic rings. The van der Waals surface area contributed by atoms with E-state index in [1.54, 1.807) is 0 Å². The minimum atomic E-state index is -0.0603. The molecule has 6 heteroatoms. The number of hydrogen-bond donors (Lipinski definition) is 1. The van der Waals surface area contributed by atoms with Crippen molar-refractivity contribution in [2.45, 2.75) is 52.5 Å². The quantitative estimate of drug-likeness (QED) is 0.657. The summed E-state index contributed by atoms with van der Waals surface area (Å²) in [6.45, 7) is 12.8. The highest BCUT2D eigenvalue weighted by Gasteiger charge is 2.37. The maximum atomic E-state index is 13.2. The lowest BCUT2D eigenvalue weighted by molar-refractivity contribution is -0.129. The van der Waals surface area contributed by atoms with Crippen LogP contribution in [-0.4, -0.2) is 84.9 Å². The van der Waals surface area contributed by atoms with E-state index in [0.29, 0.717) is 25.6 Å². The van der Waals surface area contributed by atoms with Crippen LogP contribution in [0, 0.1) is 12.8 Å². The molecule has 3 rings (SSSR count). The van der Waals surface area contributed by atoms with Crippen molar-refractivity contribution in [1.82, 2.24) is 20.0 Å². The number of aryl methyl sites for hydroxylation is 1. The molecule has 2 fully saturated rings. The van der Waals surface area contributed by atoms with Crippen molar-refractivity contribution in [1.29, 1.82) is 0 Å². The van der Waals surface area contributed by atoms with Crippen molar-refractivity contribution in [3.8, 4) is 0 Å². The second-order valence-corrected chi connectivity index (χ2v) is 8.95. The van der Waals surface area contributed by atoms with E-state index >= 15 is 0 Å². The second kappa shape index (κ2) is 11.6. The first-order valence-corrected chi connectivity index (χ1v) is 12.1. The highest BCUT2D eigenvalue weighted by atomic mass is 16.2. The lowest BCUT2D eigenvalue weighted by atomic mass is 9.95. The van der Waals surface area contributed by atoms with Gasteiger partial charge in [0.05, 0.1) is 6.04 Å². The molecule has 1 saturated carbocycles. The third-order valence-electron chi connectivity index (χ3n) is 7.11. The number of carbonyl (C=O) groups is 2. The number of carbonyl (C=O) groups excluding carboxylic acids is 2. The Morgan fingerprint density at radius 1 is 1.06 bits per heavy atom. The molecule has 1 aliphatic carbocycles. The van der Waals surface area contributed by atoms with Crippen LogP contribution in [-0.2, 0) is 4.79 Å². The monoisotopic (exact) mass is 428 g/mol. The van der Waals surface area contributed by atoms with Gasteiger partial charge in [0.25, 0.3) is 5.91 Å². The van der Waals surface area contributed by atoms with Crippen LogP contribution < -0.4 is 5.32 Å². The van der Waals surface area contributed by atoms with Crippen LogP contribution in [0.4, 0.5) is 0 Å². The number of piperazine rings is 1. The predicted molar refractivity (Wildman–Crippen MR) is 125 cm³/mol. The van der Waals surface area contributed by atoms with Crippen LogP contribution in [0.25, 0.3) is 0 Å². The lowest BCUT2D eigenvalue weighted by Gasteiger charge is -2.41. The Bertz CT molecular complexity index is 720. The largest absolute Gasteiger partial charge is 0.353 e. The molecule has 31 heavy (non-hydrogen) atoms. The van der Waals surface area contributed by atoms with Crippen LogP contribution in [0.3, 0.4) is 0 Å². The van der Waals surface area contributed by atoms with Gasteiger partial charge in [-0.05, 0) is 50.4 Å². The molecule has 0 unspecified atom stereocenters. The van der Waals surface area contributed by atoms with Crippen molar-refractivity contribution < 1.29 is 9.59 Å². The molecule has 0 spiro atoms. The van der Waals surface area contributed by atoms with Gasteiger partial charge in [-0.3, -0.25) is 14.5 Å². The highest BCUT2D eigenvalue weighted by Crippen LogP contribution is 2.31. The molecule has 172 valence electrons. The zero-order valence-electron chi connectivity index (χ0n) is 19.6. The minimum absolute atomic E-state index is 0.0603. The molecule has 1 saturated heterocycles. The van der Waals surface area contributed by atoms with E-state index in [0.717, 1.165) is 56.7 Å². The summed E-state index contributed by atoms with van der Waals surface area (Å²) in [5.74, 6) is 0.726. The first-order valence-electron chi connectivity index (χ1n) is 12.1. The van der Waals surface area contributed by atoms with Crippen LogP contribution in [0.15, 0.2) is 24.3 Å². The summed E-state index contributed by atoms with van der Waals surface area (Å²) in [5, 5.41) is 3.22. The van der Waals surface area contributed by atoms with E-state index < -0.39 is 0 Å². The molecule has 1 aromatic carbocycles. The van der Waals surface area contributed by atoms with Gasteiger partial charge in [-0.25, -0.2) is 0 Å². The number of rotatable bonds is 9. The zero-order valence-corrected chi connectivity index (χ0v) is 19.6. The van der Waals surface area contributed by atoms with Crippen molar-refractivity contribution >= 4 is 11.8 Å². The summed E-state index contributed by atoms with van der Waals surface area (Å²) in [6.07, 6.45) is 4.71. The van der Waals surface area contributed by atoms with Gasteiger partial charge in [0.2, 0.25) is 5.91 Å². The molecule has 0 aromatic heterocycles. The van der Waals surface area contributed by atoms with Gasteiger partial charge in [0, 0.05) is 44.8 Å². The molecule has 1 aromatic rings. The number of benzene rings is 1. The fraction of sp³-hybridized carbons (Fsp3) is 0.680. The smallest absolute Gasteiger partial charge is 0.254 e. The average molecular weight is 429 g/mol. The normalized spacial score (nSPS) is 19.0. The van der Waals surface area contributed by atoms with E-state index in [9.17, 15) is 9.59 Å². The van der Waals surface area contributed by atoms with E-state index in [4.69, 9.17) is 0 Å². The fourth-order valence-corrected chi connectivity index (χ4v) is 5.12. The first kappa shape index (κ1) is 23.7. The van der Waals surface area contributed by atoms with Crippen molar-refractivity contribution in [3.63, 3.8) is 0 Å². The number of likely N-dealkylation sites (N-methyl/N-ethyl adjacent to an activating group) is 1. The maximum Gasteiger partial charge on any atom is 0.254 e. The number of nitrogens with one attached hydrogen (secondary N) is 1. The van der Waals surface area contributed by atoms with Gasteiger partial charge in [-0.15, -0.1) is 0 Å². The summed E-state index contributed by atoms with van der Waals surface area (Å²) in [5.41, 5.74) is 1.81. The minimum Gasteiger partial charge on any atom is -0.353 e. The van der Waals surface area contributed by atoms with Crippen molar-refractivity contribution in [3.05, 3.63) is 35.4 Å². The SMILES string of the molecule is CCN(CC)CCNC(=O)[C@@H](C1CCCC1)N1CCN(C(=O)c2ccccc2C)CC1. The van der Waals surface area contributed by atoms with Crippen LogP contribution in [0.1, 0.15) is 55.5 Å². The van der Waals surface area contributed by atoms with Crippen molar-refractivity contribution in [2.24, 2.45) is 5.92 Å². The summed E-state index contributed by atoms with van der Waals surface area (Å²) in [4.78, 5) is 32.8. The molecule has 1 aliphatic heterocycles. The van der Waals surface area contributed by atoms with Gasteiger partial charge < -0.3 is 15.1 Å². The van der Waals surface area contributed by atoms with Gasteiger partial charge in [-0.1, -0.05) is 44.9 Å². The summed E-state index contributed by atoms with van der Waals surface area (Å²) in [7, 11) is 0. The number of nitrogens with zero attached hydrogens (tertiary/aromatic N) is 3.